The van der Waals surface area contributed by atoms with Crippen LogP contribution in [0.3, 0.4) is 0 Å². The van der Waals surface area contributed by atoms with Gasteiger partial charge < -0.3 is 16.2 Å². The van der Waals surface area contributed by atoms with Crippen LogP contribution in [0.2, 0.25) is 0 Å². The second-order valence-electron chi connectivity index (χ2n) is 6.56. The number of amidine groups is 1. The summed E-state index contributed by atoms with van der Waals surface area (Å²) in [6, 6.07) is 15.1. The Hall–Kier alpha value is -2.02. The lowest BCUT2D eigenvalue weighted by atomic mass is 9.89. The quantitative estimate of drug-likeness (QED) is 0.712. The van der Waals surface area contributed by atoms with Gasteiger partial charge in [0.05, 0.1) is 12.1 Å². The van der Waals surface area contributed by atoms with Gasteiger partial charge in [0.15, 0.2) is 5.17 Å². The van der Waals surface area contributed by atoms with E-state index < -0.39 is 0 Å². The van der Waals surface area contributed by atoms with Gasteiger partial charge in [-0.25, -0.2) is 0 Å². The fourth-order valence-electron chi connectivity index (χ4n) is 2.96. The number of hydrogen-bond donors (Lipinski definition) is 3. The Morgan fingerprint density at radius 1 is 1.26 bits per heavy atom. The van der Waals surface area contributed by atoms with E-state index >= 15 is 0 Å². The summed E-state index contributed by atoms with van der Waals surface area (Å²) < 4.78 is 0. The standard InChI is InChI=1S/C20H23N3O2S.ClH/c1-20(9-10-26-19(21)23-20)17-4-2-3-15(11-17)12-22-18(25)16-7-5-14(13-24)6-8-16;/h2-8,11,24H,9-10,12-13H2,1H3,(H2,21,23)(H,22,25);1H. The van der Waals surface area contributed by atoms with Gasteiger partial charge in [-0.2, -0.15) is 0 Å². The zero-order valence-corrected chi connectivity index (χ0v) is 16.8. The van der Waals surface area contributed by atoms with E-state index in [4.69, 9.17) is 10.8 Å². The minimum atomic E-state index is -0.310. The number of nitrogens with one attached hydrogen (secondary N) is 1. The molecule has 4 N–H and O–H groups in total. The van der Waals surface area contributed by atoms with Gasteiger partial charge in [0, 0.05) is 17.9 Å². The fourth-order valence-corrected chi connectivity index (χ4v) is 3.93. The number of aliphatic imine (C=N–C) groups is 1. The summed E-state index contributed by atoms with van der Waals surface area (Å²) >= 11 is 1.59. The van der Waals surface area contributed by atoms with E-state index in [9.17, 15) is 4.79 Å². The molecule has 0 fully saturated rings. The Balaban J connectivity index is 0.00000261. The summed E-state index contributed by atoms with van der Waals surface area (Å²) in [6.07, 6.45) is 0.936. The molecule has 7 heteroatoms. The maximum absolute atomic E-state index is 12.3. The van der Waals surface area contributed by atoms with Crippen LogP contribution < -0.4 is 11.1 Å². The Kier molecular flexibility index (Phi) is 7.30. The van der Waals surface area contributed by atoms with Crippen molar-refractivity contribution in [2.24, 2.45) is 10.7 Å². The zero-order chi connectivity index (χ0) is 18.6. The molecule has 2 aromatic carbocycles. The van der Waals surface area contributed by atoms with Crippen LogP contribution in [-0.4, -0.2) is 21.9 Å². The highest BCUT2D eigenvalue weighted by molar-refractivity contribution is 8.13. The van der Waals surface area contributed by atoms with Gasteiger partial charge in [-0.1, -0.05) is 48.2 Å². The molecule has 1 aliphatic rings. The first-order valence-electron chi connectivity index (χ1n) is 8.56. The number of nitrogens with zero attached hydrogens (tertiary/aromatic N) is 1. The first-order chi connectivity index (χ1) is 12.5. The third-order valence-corrected chi connectivity index (χ3v) is 5.39. The number of amides is 1. The van der Waals surface area contributed by atoms with E-state index in [2.05, 4.69) is 29.4 Å². The minimum absolute atomic E-state index is 0. The zero-order valence-electron chi connectivity index (χ0n) is 15.1. The number of hydrogen-bond acceptors (Lipinski definition) is 5. The van der Waals surface area contributed by atoms with Gasteiger partial charge in [0.2, 0.25) is 0 Å². The van der Waals surface area contributed by atoms with Crippen LogP contribution >= 0.6 is 24.2 Å². The van der Waals surface area contributed by atoms with Crippen molar-refractivity contribution in [2.45, 2.75) is 32.0 Å². The molecule has 0 radical (unpaired) electrons. The maximum Gasteiger partial charge on any atom is 0.251 e. The Bertz CT molecular complexity index is 826. The lowest BCUT2D eigenvalue weighted by molar-refractivity contribution is 0.0951. The number of thioether (sulfide) groups is 1. The number of nitrogens with two attached hydrogens (primary N) is 1. The molecule has 1 unspecified atom stereocenters. The molecule has 0 saturated carbocycles. The van der Waals surface area contributed by atoms with Crippen LogP contribution in [0.15, 0.2) is 53.5 Å². The number of halogens is 1. The van der Waals surface area contributed by atoms with E-state index in [1.165, 1.54) is 0 Å². The number of carbonyl (C=O) groups excluding carboxylic acids is 1. The summed E-state index contributed by atoms with van der Waals surface area (Å²) in [5, 5.41) is 12.6. The second kappa shape index (κ2) is 9.26. The van der Waals surface area contributed by atoms with E-state index in [0.29, 0.717) is 17.3 Å². The molecule has 0 aromatic heterocycles. The van der Waals surface area contributed by atoms with Gasteiger partial charge in [0.1, 0.15) is 0 Å². The largest absolute Gasteiger partial charge is 0.392 e. The smallest absolute Gasteiger partial charge is 0.251 e. The molecule has 3 rings (SSSR count). The van der Waals surface area contributed by atoms with Gasteiger partial charge in [-0.3, -0.25) is 9.79 Å². The van der Waals surface area contributed by atoms with Crippen LogP contribution in [0.25, 0.3) is 0 Å². The van der Waals surface area contributed by atoms with Crippen molar-refractivity contribution in [1.29, 1.82) is 0 Å². The van der Waals surface area contributed by atoms with Gasteiger partial charge in [-0.05, 0) is 42.2 Å². The van der Waals surface area contributed by atoms with Crippen LogP contribution in [0.1, 0.15) is 40.4 Å². The highest BCUT2D eigenvalue weighted by Gasteiger charge is 2.29. The van der Waals surface area contributed by atoms with Crippen molar-refractivity contribution in [2.75, 3.05) is 5.75 Å². The molecule has 0 spiro atoms. The van der Waals surface area contributed by atoms with E-state index in [1.807, 2.05) is 12.1 Å². The SMILES string of the molecule is CC1(c2cccc(CNC(=O)c3ccc(CO)cc3)c2)CCSC(N)=N1.Cl. The summed E-state index contributed by atoms with van der Waals surface area (Å²) in [5.74, 6) is 0.818. The van der Waals surface area contributed by atoms with Crippen molar-refractivity contribution in [3.8, 4) is 0 Å². The molecule has 144 valence electrons. The highest BCUT2D eigenvalue weighted by Crippen LogP contribution is 2.35. The lowest BCUT2D eigenvalue weighted by Crippen LogP contribution is -2.29. The molecule has 1 atom stereocenters. The molecular weight excluding hydrogens is 382 g/mol. The highest BCUT2D eigenvalue weighted by atomic mass is 35.5. The molecule has 1 aliphatic heterocycles. The summed E-state index contributed by atoms with van der Waals surface area (Å²) in [6.45, 7) is 2.51. The van der Waals surface area contributed by atoms with E-state index in [-0.39, 0.29) is 30.5 Å². The Morgan fingerprint density at radius 3 is 2.67 bits per heavy atom. The molecule has 5 nitrogen and oxygen atoms in total. The van der Waals surface area contributed by atoms with Gasteiger partial charge >= 0.3 is 0 Å². The van der Waals surface area contributed by atoms with Crippen LogP contribution in [0, 0.1) is 0 Å². The molecule has 27 heavy (non-hydrogen) atoms. The number of aliphatic hydroxyl groups excluding tert-OH is 1. The predicted molar refractivity (Wildman–Crippen MR) is 113 cm³/mol. The number of carbonyl (C=O) groups is 1. The monoisotopic (exact) mass is 405 g/mol. The van der Waals surface area contributed by atoms with Crippen LogP contribution in [0.4, 0.5) is 0 Å². The second-order valence-corrected chi connectivity index (χ2v) is 7.68. The number of benzene rings is 2. The van der Waals surface area contributed by atoms with Crippen LogP contribution in [-0.2, 0) is 18.7 Å². The van der Waals surface area contributed by atoms with E-state index in [1.54, 1.807) is 36.0 Å². The van der Waals surface area contributed by atoms with Crippen molar-refractivity contribution < 1.29 is 9.90 Å². The summed E-state index contributed by atoms with van der Waals surface area (Å²) in [4.78, 5) is 16.9. The Labute approximate surface area is 169 Å². The van der Waals surface area contributed by atoms with E-state index in [0.717, 1.165) is 28.9 Å². The average molecular weight is 406 g/mol. The fraction of sp³-hybridized carbons (Fsp3) is 0.300. The third-order valence-electron chi connectivity index (χ3n) is 4.60. The molecule has 0 bridgehead atoms. The average Bonchev–Trinajstić information content (AvgIpc) is 2.66. The van der Waals surface area contributed by atoms with Crippen molar-refractivity contribution in [3.05, 3.63) is 70.8 Å². The molecular formula is C20H24ClN3O2S. The molecule has 1 amide bonds. The lowest BCUT2D eigenvalue weighted by Gasteiger charge is -2.30. The predicted octanol–water partition coefficient (Wildman–Crippen LogP) is 3.20. The number of aliphatic hydroxyl groups is 1. The first-order valence-corrected chi connectivity index (χ1v) is 9.54. The van der Waals surface area contributed by atoms with Crippen molar-refractivity contribution >= 4 is 35.2 Å². The normalized spacial score (nSPS) is 19.0. The molecule has 0 saturated heterocycles. The van der Waals surface area contributed by atoms with Crippen molar-refractivity contribution in [3.63, 3.8) is 0 Å². The molecule has 0 aliphatic carbocycles. The molecule has 1 heterocycles. The molecule has 2 aromatic rings. The number of rotatable bonds is 5. The first kappa shape index (κ1) is 21.3. The topological polar surface area (TPSA) is 87.7 Å². The van der Waals surface area contributed by atoms with Gasteiger partial charge in [0.25, 0.3) is 5.91 Å². The third kappa shape index (κ3) is 5.25. The Morgan fingerprint density at radius 2 is 2.00 bits per heavy atom. The summed E-state index contributed by atoms with van der Waals surface area (Å²) in [7, 11) is 0. The maximum atomic E-state index is 12.3. The minimum Gasteiger partial charge on any atom is -0.392 e. The summed E-state index contributed by atoms with van der Waals surface area (Å²) in [5.41, 5.74) is 9.10. The van der Waals surface area contributed by atoms with Gasteiger partial charge in [-0.15, -0.1) is 12.4 Å². The van der Waals surface area contributed by atoms with Crippen molar-refractivity contribution in [1.82, 2.24) is 5.32 Å². The van der Waals surface area contributed by atoms with Crippen LogP contribution in [0.5, 0.6) is 0 Å².